The molecule has 2 rings (SSSR count). The van der Waals surface area contributed by atoms with E-state index in [1.54, 1.807) is 0 Å². The Kier molecular flexibility index (Phi) is 4.39. The number of halogens is 7. The van der Waals surface area contributed by atoms with Crippen LogP contribution in [0.4, 0.5) is 26.3 Å². The SMILES string of the molecule is O=Ic1c(C(=O)O)c(C(F)(F)F)cc2c(C(F)(F)F)cccc12. The van der Waals surface area contributed by atoms with Gasteiger partial charge in [-0.3, -0.25) is 3.07 Å². The molecule has 0 atom stereocenters. The third-order valence-corrected chi connectivity index (χ3v) is 4.58. The Balaban J connectivity index is 3.09. The monoisotopic (exact) mass is 450 g/mol. The highest BCUT2D eigenvalue weighted by molar-refractivity contribution is 14.1. The van der Waals surface area contributed by atoms with Gasteiger partial charge < -0.3 is 5.11 Å². The van der Waals surface area contributed by atoms with E-state index in [0.717, 1.165) is 12.1 Å². The molecule has 124 valence electrons. The largest absolute Gasteiger partial charge is 0.478 e. The molecule has 0 heterocycles. The molecule has 1 N–H and O–H groups in total. The van der Waals surface area contributed by atoms with Crippen molar-refractivity contribution < 1.29 is 39.3 Å². The first kappa shape index (κ1) is 17.6. The molecule has 0 saturated heterocycles. The summed E-state index contributed by atoms with van der Waals surface area (Å²) in [5.74, 6) is -2.00. The molecule has 0 radical (unpaired) electrons. The van der Waals surface area contributed by atoms with Gasteiger partial charge in [-0.1, -0.05) is 12.1 Å². The minimum absolute atomic E-state index is 0.143. The van der Waals surface area contributed by atoms with Crippen molar-refractivity contribution in [2.45, 2.75) is 12.4 Å². The van der Waals surface area contributed by atoms with Gasteiger partial charge in [0.1, 0.15) is 0 Å². The van der Waals surface area contributed by atoms with Crippen molar-refractivity contribution in [3.8, 4) is 0 Å². The standard InChI is InChI=1S/C13H5F6IO3/c14-12(15,16)7-3-1-2-5-6(7)4-8(13(17,18)19)9(11(21)22)10(5)20-23/h1-4H,(H,21,22). The minimum Gasteiger partial charge on any atom is -0.478 e. The Labute approximate surface area is 134 Å². The van der Waals surface area contributed by atoms with Crippen LogP contribution in [-0.2, 0) is 15.4 Å². The summed E-state index contributed by atoms with van der Waals surface area (Å²) in [6, 6.07) is 2.66. The summed E-state index contributed by atoms with van der Waals surface area (Å²) in [6.45, 7) is 0. The van der Waals surface area contributed by atoms with Crippen LogP contribution >= 0.6 is 21.2 Å². The first-order valence-corrected chi connectivity index (χ1v) is 7.69. The summed E-state index contributed by atoms with van der Waals surface area (Å²) >= 11 is -2.46. The van der Waals surface area contributed by atoms with Crippen LogP contribution < -0.4 is 0 Å². The fourth-order valence-corrected chi connectivity index (χ4v) is 3.59. The zero-order valence-corrected chi connectivity index (χ0v) is 12.9. The van der Waals surface area contributed by atoms with E-state index in [-0.39, 0.29) is 6.07 Å². The summed E-state index contributed by atoms with van der Waals surface area (Å²) in [6.07, 6.45) is -10.1. The van der Waals surface area contributed by atoms with E-state index in [1.165, 1.54) is 0 Å². The Morgan fingerprint density at radius 2 is 1.52 bits per heavy atom. The van der Waals surface area contributed by atoms with Crippen LogP contribution in [0.1, 0.15) is 21.5 Å². The van der Waals surface area contributed by atoms with E-state index in [2.05, 4.69) is 0 Å². The second-order valence-electron chi connectivity index (χ2n) is 4.39. The van der Waals surface area contributed by atoms with Crippen LogP contribution in [-0.4, -0.2) is 11.1 Å². The molecule has 0 aliphatic rings. The zero-order chi connectivity index (χ0) is 17.6. The second kappa shape index (κ2) is 5.73. The van der Waals surface area contributed by atoms with E-state index >= 15 is 0 Å². The van der Waals surface area contributed by atoms with Gasteiger partial charge in [-0.05, 0) is 22.9 Å². The molecule has 2 aromatic rings. The Hall–Kier alpha value is -1.72. The number of aromatic carboxylic acids is 1. The van der Waals surface area contributed by atoms with Crippen molar-refractivity contribution in [2.24, 2.45) is 0 Å². The highest BCUT2D eigenvalue weighted by Gasteiger charge is 2.40. The first-order chi connectivity index (χ1) is 10.5. The summed E-state index contributed by atoms with van der Waals surface area (Å²) in [4.78, 5) is 11.1. The Morgan fingerprint density at radius 1 is 0.957 bits per heavy atom. The van der Waals surface area contributed by atoms with Crippen molar-refractivity contribution in [1.82, 2.24) is 0 Å². The van der Waals surface area contributed by atoms with Gasteiger partial charge in [0.15, 0.2) is 21.2 Å². The molecule has 10 heteroatoms. The van der Waals surface area contributed by atoms with Gasteiger partial charge in [-0.15, -0.1) is 0 Å². The summed E-state index contributed by atoms with van der Waals surface area (Å²) in [5, 5.41) is 7.75. The van der Waals surface area contributed by atoms with Crippen molar-refractivity contribution in [1.29, 1.82) is 0 Å². The minimum atomic E-state index is -5.20. The molecule has 0 unspecified atom stereocenters. The number of carboxylic acid groups (broad SMARTS) is 1. The number of benzene rings is 2. The maximum Gasteiger partial charge on any atom is 0.417 e. The van der Waals surface area contributed by atoms with Gasteiger partial charge in [0.2, 0.25) is 0 Å². The van der Waals surface area contributed by atoms with E-state index in [0.29, 0.717) is 6.07 Å². The molecule has 0 fully saturated rings. The molecule has 0 amide bonds. The number of fused-ring (bicyclic) bond motifs is 1. The summed E-state index contributed by atoms with van der Waals surface area (Å²) in [7, 11) is 0. The zero-order valence-electron chi connectivity index (χ0n) is 10.7. The fraction of sp³-hybridized carbons (Fsp3) is 0.154. The lowest BCUT2D eigenvalue weighted by Crippen LogP contribution is -2.16. The highest BCUT2D eigenvalue weighted by atomic mass is 127. The molecule has 0 aromatic heterocycles. The fourth-order valence-electron chi connectivity index (χ4n) is 2.14. The number of alkyl halides is 6. The molecule has 0 saturated carbocycles. The molecule has 0 aliphatic heterocycles. The quantitative estimate of drug-likeness (QED) is 0.514. The molecule has 2 aromatic carbocycles. The van der Waals surface area contributed by atoms with Gasteiger partial charge in [-0.25, -0.2) is 4.79 Å². The number of hydrogen-bond donors (Lipinski definition) is 1. The Bertz CT molecular complexity index is 810. The number of rotatable bonds is 2. The number of hydrogen-bond acceptors (Lipinski definition) is 2. The van der Waals surface area contributed by atoms with Gasteiger partial charge in [-0.2, -0.15) is 26.3 Å². The first-order valence-electron chi connectivity index (χ1n) is 5.73. The molecule has 23 heavy (non-hydrogen) atoms. The van der Waals surface area contributed by atoms with Crippen LogP contribution in [0.15, 0.2) is 24.3 Å². The van der Waals surface area contributed by atoms with Gasteiger partial charge in [0.25, 0.3) is 0 Å². The average Bonchev–Trinajstić information content (AvgIpc) is 2.42. The van der Waals surface area contributed by atoms with Crippen LogP contribution in [0.5, 0.6) is 0 Å². The topological polar surface area (TPSA) is 54.4 Å². The molecule has 0 spiro atoms. The van der Waals surface area contributed by atoms with Crippen molar-refractivity contribution in [3.63, 3.8) is 0 Å². The van der Waals surface area contributed by atoms with Gasteiger partial charge in [0, 0.05) is 0 Å². The van der Waals surface area contributed by atoms with Gasteiger partial charge in [0.05, 0.1) is 20.3 Å². The smallest absolute Gasteiger partial charge is 0.417 e. The molecular weight excluding hydrogens is 445 g/mol. The normalized spacial score (nSPS) is 12.6. The van der Waals surface area contributed by atoms with E-state index in [9.17, 15) is 34.2 Å². The number of carboxylic acids is 1. The predicted octanol–water partition coefficient (Wildman–Crippen LogP) is 5.06. The van der Waals surface area contributed by atoms with E-state index in [4.69, 9.17) is 5.11 Å². The van der Waals surface area contributed by atoms with Crippen molar-refractivity contribution in [2.75, 3.05) is 0 Å². The molecular formula is C13H5F6IO3. The maximum absolute atomic E-state index is 13.0. The molecule has 0 aliphatic carbocycles. The lowest BCUT2D eigenvalue weighted by molar-refractivity contribution is -0.139. The lowest BCUT2D eigenvalue weighted by atomic mass is 9.97. The predicted molar refractivity (Wildman–Crippen MR) is 74.3 cm³/mol. The van der Waals surface area contributed by atoms with Crippen LogP contribution in [0, 0.1) is 3.57 Å². The summed E-state index contributed by atoms with van der Waals surface area (Å²) in [5.41, 5.74) is -4.37. The molecule has 0 bridgehead atoms. The van der Waals surface area contributed by atoms with Gasteiger partial charge >= 0.3 is 18.3 Å². The maximum atomic E-state index is 13.0. The second-order valence-corrected chi connectivity index (χ2v) is 5.91. The highest BCUT2D eigenvalue weighted by Crippen LogP contribution is 2.42. The van der Waals surface area contributed by atoms with E-state index < -0.39 is 70.5 Å². The third kappa shape index (κ3) is 3.16. The van der Waals surface area contributed by atoms with Crippen LogP contribution in [0.3, 0.4) is 0 Å². The molecule has 3 nitrogen and oxygen atoms in total. The van der Waals surface area contributed by atoms with Crippen LogP contribution in [0.2, 0.25) is 0 Å². The van der Waals surface area contributed by atoms with Crippen molar-refractivity contribution in [3.05, 3.63) is 44.5 Å². The summed E-state index contributed by atoms with van der Waals surface area (Å²) < 4.78 is 88.7. The van der Waals surface area contributed by atoms with Crippen molar-refractivity contribution >= 4 is 37.9 Å². The van der Waals surface area contributed by atoms with Crippen LogP contribution in [0.25, 0.3) is 10.8 Å². The number of carbonyl (C=O) groups is 1. The Morgan fingerprint density at radius 3 is 1.96 bits per heavy atom. The lowest BCUT2D eigenvalue weighted by Gasteiger charge is -2.17. The third-order valence-electron chi connectivity index (χ3n) is 3.02. The van der Waals surface area contributed by atoms with E-state index in [1.807, 2.05) is 0 Å². The average molecular weight is 450 g/mol.